The van der Waals surface area contributed by atoms with E-state index in [2.05, 4.69) is 9.72 Å². The summed E-state index contributed by atoms with van der Waals surface area (Å²) in [4.78, 5) is 16.7. The van der Waals surface area contributed by atoms with Gasteiger partial charge >= 0.3 is 5.97 Å². The van der Waals surface area contributed by atoms with Crippen molar-refractivity contribution in [3.05, 3.63) is 16.5 Å². The van der Waals surface area contributed by atoms with Crippen molar-refractivity contribution in [2.75, 3.05) is 7.11 Å². The first kappa shape index (κ1) is 7.70. The molecule has 0 saturated heterocycles. The van der Waals surface area contributed by atoms with Crippen LogP contribution in [0.2, 0.25) is 0 Å². The van der Waals surface area contributed by atoms with Gasteiger partial charge in [0.1, 0.15) is 9.71 Å². The second-order valence-electron chi connectivity index (χ2n) is 2.12. The van der Waals surface area contributed by atoms with E-state index in [0.29, 0.717) is 4.88 Å². The summed E-state index contributed by atoms with van der Waals surface area (Å²) in [5.41, 5.74) is 1.77. The maximum Gasteiger partial charge on any atom is 0.348 e. The highest BCUT2D eigenvalue weighted by Gasteiger charge is 2.10. The molecule has 0 radical (unpaired) electrons. The van der Waals surface area contributed by atoms with E-state index in [1.807, 2.05) is 6.07 Å². The van der Waals surface area contributed by atoms with E-state index in [-0.39, 0.29) is 5.97 Å². The summed E-state index contributed by atoms with van der Waals surface area (Å²) >= 11 is 2.89. The predicted molar refractivity (Wildman–Crippen MR) is 48.8 cm³/mol. The Hall–Kier alpha value is -0.940. The number of carbonyl (C=O) groups is 1. The normalized spacial score (nSPS) is 10.4. The lowest BCUT2D eigenvalue weighted by Gasteiger charge is -1.90. The maximum atomic E-state index is 11.0. The van der Waals surface area contributed by atoms with Gasteiger partial charge in [0.15, 0.2) is 0 Å². The fraction of sp³-hybridized carbons (Fsp3) is 0.143. The molecule has 2 aromatic rings. The molecule has 0 N–H and O–H groups in total. The zero-order valence-corrected chi connectivity index (χ0v) is 7.87. The van der Waals surface area contributed by atoms with Crippen molar-refractivity contribution in [3.8, 4) is 0 Å². The summed E-state index contributed by atoms with van der Waals surface area (Å²) in [6, 6.07) is 1.81. The smallest absolute Gasteiger partial charge is 0.348 e. The number of thiazole rings is 1. The molecule has 0 bridgehead atoms. The van der Waals surface area contributed by atoms with Crippen molar-refractivity contribution < 1.29 is 9.53 Å². The largest absolute Gasteiger partial charge is 0.465 e. The number of aromatic nitrogens is 1. The van der Waals surface area contributed by atoms with Gasteiger partial charge in [-0.1, -0.05) is 0 Å². The van der Waals surface area contributed by atoms with Crippen LogP contribution in [0.4, 0.5) is 0 Å². The highest BCUT2D eigenvalue weighted by Crippen LogP contribution is 2.27. The van der Waals surface area contributed by atoms with Gasteiger partial charge in [0, 0.05) is 0 Å². The molecule has 0 aliphatic rings. The van der Waals surface area contributed by atoms with Crippen LogP contribution in [0.1, 0.15) is 9.67 Å². The van der Waals surface area contributed by atoms with Crippen LogP contribution < -0.4 is 0 Å². The van der Waals surface area contributed by atoms with Crippen LogP contribution in [0.25, 0.3) is 9.53 Å². The van der Waals surface area contributed by atoms with Crippen molar-refractivity contribution in [3.63, 3.8) is 0 Å². The van der Waals surface area contributed by atoms with Gasteiger partial charge in [-0.3, -0.25) is 0 Å². The van der Waals surface area contributed by atoms with Gasteiger partial charge in [0.2, 0.25) is 0 Å². The van der Waals surface area contributed by atoms with Crippen molar-refractivity contribution in [1.29, 1.82) is 0 Å². The molecule has 0 aliphatic heterocycles. The minimum atomic E-state index is -0.287. The summed E-state index contributed by atoms with van der Waals surface area (Å²) in [7, 11) is 1.38. The summed E-state index contributed by atoms with van der Waals surface area (Å²) in [5.74, 6) is -0.287. The second kappa shape index (κ2) is 2.84. The van der Waals surface area contributed by atoms with Gasteiger partial charge in [-0.2, -0.15) is 0 Å². The van der Waals surface area contributed by atoms with Crippen LogP contribution in [0, 0.1) is 0 Å². The average Bonchev–Trinajstić information content (AvgIpc) is 2.60. The highest BCUT2D eigenvalue weighted by atomic mass is 32.1. The third-order valence-corrected chi connectivity index (χ3v) is 3.34. The molecule has 3 nitrogen and oxygen atoms in total. The Bertz CT molecular complexity index is 389. The lowest BCUT2D eigenvalue weighted by atomic mass is 10.5. The van der Waals surface area contributed by atoms with E-state index < -0.39 is 0 Å². The molecule has 0 aromatic carbocycles. The number of carbonyl (C=O) groups excluding carboxylic acids is 1. The molecule has 2 aromatic heterocycles. The number of esters is 1. The number of methoxy groups -OCH3 is 1. The maximum absolute atomic E-state index is 11.0. The Morgan fingerprint density at radius 3 is 3.17 bits per heavy atom. The van der Waals surface area contributed by atoms with E-state index in [4.69, 9.17) is 0 Å². The van der Waals surface area contributed by atoms with Gasteiger partial charge in [0.25, 0.3) is 0 Å². The molecule has 0 aliphatic carbocycles. The number of rotatable bonds is 1. The number of fused-ring (bicyclic) bond motifs is 1. The van der Waals surface area contributed by atoms with Gasteiger partial charge < -0.3 is 4.74 Å². The lowest BCUT2D eigenvalue weighted by Crippen LogP contribution is -1.96. The zero-order valence-electron chi connectivity index (χ0n) is 6.23. The van der Waals surface area contributed by atoms with Crippen molar-refractivity contribution >= 4 is 38.2 Å². The topological polar surface area (TPSA) is 39.2 Å². The summed E-state index contributed by atoms with van der Waals surface area (Å²) in [6.07, 6.45) is 0. The van der Waals surface area contributed by atoms with Crippen molar-refractivity contribution in [2.24, 2.45) is 0 Å². The fourth-order valence-corrected chi connectivity index (χ4v) is 2.71. The minimum absolute atomic E-state index is 0.287. The van der Waals surface area contributed by atoms with Crippen LogP contribution in [-0.4, -0.2) is 18.1 Å². The molecule has 0 saturated carbocycles. The van der Waals surface area contributed by atoms with Crippen LogP contribution >= 0.6 is 22.7 Å². The predicted octanol–water partition coefficient (Wildman–Crippen LogP) is 2.14. The van der Waals surface area contributed by atoms with E-state index in [1.54, 1.807) is 5.51 Å². The Kier molecular flexibility index (Phi) is 1.82. The number of hydrogen-bond donors (Lipinski definition) is 0. The number of thiophene rings is 1. The summed E-state index contributed by atoms with van der Waals surface area (Å²) in [5, 5.41) is 0. The molecular weight excluding hydrogens is 194 g/mol. The first-order valence-corrected chi connectivity index (χ1v) is 4.92. The van der Waals surface area contributed by atoms with Crippen LogP contribution in [0.3, 0.4) is 0 Å². The van der Waals surface area contributed by atoms with Gasteiger partial charge in [0.05, 0.1) is 17.3 Å². The number of hydrogen-bond acceptors (Lipinski definition) is 5. The number of ether oxygens (including phenoxy) is 1. The van der Waals surface area contributed by atoms with Gasteiger partial charge in [-0.15, -0.1) is 22.7 Å². The molecule has 12 heavy (non-hydrogen) atoms. The number of nitrogens with zero attached hydrogens (tertiary/aromatic N) is 1. The van der Waals surface area contributed by atoms with Crippen LogP contribution in [0.5, 0.6) is 0 Å². The van der Waals surface area contributed by atoms with Gasteiger partial charge in [-0.25, -0.2) is 9.78 Å². The average molecular weight is 199 g/mol. The molecule has 2 heterocycles. The molecule has 0 atom stereocenters. The first-order valence-electron chi connectivity index (χ1n) is 3.22. The fourth-order valence-electron chi connectivity index (χ4n) is 0.871. The van der Waals surface area contributed by atoms with E-state index in [0.717, 1.165) is 9.53 Å². The molecule has 0 amide bonds. The van der Waals surface area contributed by atoms with Crippen LogP contribution in [0.15, 0.2) is 11.6 Å². The molecule has 2 rings (SSSR count). The van der Waals surface area contributed by atoms with E-state index in [1.165, 1.54) is 29.8 Å². The third kappa shape index (κ3) is 1.11. The Morgan fingerprint density at radius 1 is 1.67 bits per heavy atom. The molecule has 62 valence electrons. The second-order valence-corrected chi connectivity index (χ2v) is 4.04. The Morgan fingerprint density at radius 2 is 2.50 bits per heavy atom. The van der Waals surface area contributed by atoms with E-state index >= 15 is 0 Å². The van der Waals surface area contributed by atoms with E-state index in [9.17, 15) is 4.79 Å². The molecule has 5 heteroatoms. The lowest BCUT2D eigenvalue weighted by molar-refractivity contribution is 0.0606. The molecule has 0 unspecified atom stereocenters. The van der Waals surface area contributed by atoms with Crippen molar-refractivity contribution in [1.82, 2.24) is 4.98 Å². The Labute approximate surface area is 76.6 Å². The monoisotopic (exact) mass is 199 g/mol. The summed E-state index contributed by atoms with van der Waals surface area (Å²) < 4.78 is 5.63. The summed E-state index contributed by atoms with van der Waals surface area (Å²) in [6.45, 7) is 0. The zero-order chi connectivity index (χ0) is 8.55. The molecule has 0 fully saturated rings. The quantitative estimate of drug-likeness (QED) is 0.660. The molecular formula is C7H5NO2S2. The first-order chi connectivity index (χ1) is 5.81. The third-order valence-electron chi connectivity index (χ3n) is 1.42. The standard InChI is InChI=1S/C7H5NO2S2/c1-10-7(9)5-2-4-6(12-5)8-3-11-4/h2-3H,1H3. The highest BCUT2D eigenvalue weighted by molar-refractivity contribution is 7.27. The van der Waals surface area contributed by atoms with Crippen LogP contribution in [-0.2, 0) is 4.74 Å². The SMILES string of the molecule is COC(=O)c1cc2scnc2s1. The Balaban J connectivity index is 2.51. The van der Waals surface area contributed by atoms with Gasteiger partial charge in [-0.05, 0) is 6.07 Å². The minimum Gasteiger partial charge on any atom is -0.465 e. The molecule has 0 spiro atoms. The van der Waals surface area contributed by atoms with Crippen molar-refractivity contribution in [2.45, 2.75) is 0 Å².